The Hall–Kier alpha value is -1.14. The van der Waals surface area contributed by atoms with E-state index in [-0.39, 0.29) is 5.91 Å². The van der Waals surface area contributed by atoms with Gasteiger partial charge in [0.2, 0.25) is 5.91 Å². The van der Waals surface area contributed by atoms with Gasteiger partial charge >= 0.3 is 5.97 Å². The van der Waals surface area contributed by atoms with Gasteiger partial charge in [-0.2, -0.15) is 11.8 Å². The zero-order chi connectivity index (χ0) is 15.7. The quantitative estimate of drug-likeness (QED) is 0.539. The molecule has 4 nitrogen and oxygen atoms in total. The van der Waals surface area contributed by atoms with E-state index >= 15 is 0 Å². The molecule has 1 rings (SSSR count). The minimum Gasteiger partial charge on any atom is -0.480 e. The molecule has 1 atom stereocenters. The summed E-state index contributed by atoms with van der Waals surface area (Å²) in [6.07, 6.45) is 0.453. The maximum Gasteiger partial charge on any atom is 0.326 e. The van der Waals surface area contributed by atoms with Crippen LogP contribution in [0.15, 0.2) is 29.2 Å². The Balaban J connectivity index is 2.14. The Morgan fingerprint density at radius 3 is 2.43 bits per heavy atom. The van der Waals surface area contributed by atoms with Crippen LogP contribution in [0.4, 0.5) is 0 Å². The summed E-state index contributed by atoms with van der Waals surface area (Å²) >= 11 is 3.51. The molecular weight excluding hydrogens is 306 g/mol. The molecule has 0 saturated carbocycles. The molecule has 0 saturated heterocycles. The molecule has 0 fully saturated rings. The van der Waals surface area contributed by atoms with Crippen LogP contribution < -0.4 is 5.32 Å². The van der Waals surface area contributed by atoms with Gasteiger partial charge in [0.05, 0.1) is 0 Å². The molecule has 116 valence electrons. The molecule has 0 bridgehead atoms. The van der Waals surface area contributed by atoms with Crippen LogP contribution in [0, 0.1) is 6.92 Å². The Kier molecular flexibility index (Phi) is 8.30. The Morgan fingerprint density at radius 1 is 1.19 bits per heavy atom. The number of carboxylic acids is 1. The first kappa shape index (κ1) is 17.9. The lowest BCUT2D eigenvalue weighted by Crippen LogP contribution is -2.39. The molecule has 0 heterocycles. The summed E-state index contributed by atoms with van der Waals surface area (Å²) in [4.78, 5) is 23.1. The van der Waals surface area contributed by atoms with Gasteiger partial charge in [0.1, 0.15) is 6.04 Å². The first-order valence-corrected chi connectivity index (χ1v) is 8.90. The van der Waals surface area contributed by atoms with Gasteiger partial charge in [-0.25, -0.2) is 4.79 Å². The third-order valence-corrected chi connectivity index (χ3v) is 5.03. The molecule has 21 heavy (non-hydrogen) atoms. The van der Waals surface area contributed by atoms with Crippen molar-refractivity contribution < 1.29 is 14.7 Å². The van der Waals surface area contributed by atoms with E-state index < -0.39 is 12.0 Å². The number of aliphatic carboxylic acids is 1. The zero-order valence-corrected chi connectivity index (χ0v) is 13.9. The maximum absolute atomic E-state index is 10.9. The van der Waals surface area contributed by atoms with Crippen molar-refractivity contribution in [1.82, 2.24) is 5.32 Å². The summed E-state index contributed by atoms with van der Waals surface area (Å²) in [5.41, 5.74) is 1.26. The van der Waals surface area contributed by atoms with Crippen LogP contribution in [0.3, 0.4) is 0 Å². The molecule has 1 amide bonds. The summed E-state index contributed by atoms with van der Waals surface area (Å²) < 4.78 is 0. The van der Waals surface area contributed by atoms with Crippen molar-refractivity contribution in [3.8, 4) is 0 Å². The number of amides is 1. The lowest BCUT2D eigenvalue weighted by Gasteiger charge is -2.12. The van der Waals surface area contributed by atoms with E-state index in [9.17, 15) is 9.59 Å². The van der Waals surface area contributed by atoms with Crippen LogP contribution in [0.25, 0.3) is 0 Å². The molecule has 1 aromatic rings. The summed E-state index contributed by atoms with van der Waals surface area (Å²) in [7, 11) is 0. The average Bonchev–Trinajstić information content (AvgIpc) is 2.42. The van der Waals surface area contributed by atoms with E-state index in [4.69, 9.17) is 5.11 Å². The number of thioether (sulfide) groups is 2. The number of carbonyl (C=O) groups is 2. The highest BCUT2D eigenvalue weighted by molar-refractivity contribution is 8.02. The van der Waals surface area contributed by atoms with E-state index in [1.54, 1.807) is 23.5 Å². The van der Waals surface area contributed by atoms with Gasteiger partial charge in [-0.3, -0.25) is 4.79 Å². The van der Waals surface area contributed by atoms with Gasteiger partial charge in [-0.1, -0.05) is 17.7 Å². The standard InChI is InChI=1S/C15H21NO3S2/c1-11-3-5-13(6-4-11)21-10-9-20-8-7-14(15(18)19)16-12(2)17/h3-6,14H,7-10H2,1-2H3,(H,16,17)(H,18,19). The Morgan fingerprint density at radius 2 is 1.86 bits per heavy atom. The second-order valence-corrected chi connectivity index (χ2v) is 7.05. The number of carboxylic acid groups (broad SMARTS) is 1. The number of benzene rings is 1. The lowest BCUT2D eigenvalue weighted by molar-refractivity contribution is -0.141. The predicted octanol–water partition coefficient (Wildman–Crippen LogP) is 2.80. The summed E-state index contributed by atoms with van der Waals surface area (Å²) in [5.74, 6) is 1.41. The highest BCUT2D eigenvalue weighted by Gasteiger charge is 2.17. The number of hydrogen-bond donors (Lipinski definition) is 2. The predicted molar refractivity (Wildman–Crippen MR) is 89.1 cm³/mol. The largest absolute Gasteiger partial charge is 0.480 e. The molecule has 0 aliphatic carbocycles. The molecule has 1 aromatic carbocycles. The fourth-order valence-electron chi connectivity index (χ4n) is 1.66. The SMILES string of the molecule is CC(=O)NC(CCSCCSc1ccc(C)cc1)C(=O)O. The monoisotopic (exact) mass is 327 g/mol. The fourth-order valence-corrected chi connectivity index (χ4v) is 3.63. The van der Waals surface area contributed by atoms with Crippen LogP contribution in [0.1, 0.15) is 18.9 Å². The smallest absolute Gasteiger partial charge is 0.326 e. The molecule has 0 aliphatic heterocycles. The van der Waals surface area contributed by atoms with E-state index in [0.717, 1.165) is 17.3 Å². The number of hydrogen-bond acceptors (Lipinski definition) is 4. The first-order chi connectivity index (χ1) is 9.99. The van der Waals surface area contributed by atoms with E-state index in [2.05, 4.69) is 36.5 Å². The fraction of sp³-hybridized carbons (Fsp3) is 0.467. The molecule has 0 spiro atoms. The van der Waals surface area contributed by atoms with Crippen LogP contribution in [0.2, 0.25) is 0 Å². The van der Waals surface area contributed by atoms with Gasteiger partial charge in [-0.05, 0) is 31.2 Å². The molecule has 6 heteroatoms. The topological polar surface area (TPSA) is 66.4 Å². The molecular formula is C15H21NO3S2. The molecule has 0 aliphatic rings. The van der Waals surface area contributed by atoms with Gasteiger partial charge in [0, 0.05) is 23.3 Å². The minimum absolute atomic E-state index is 0.303. The number of aryl methyl sites for hydroxylation is 1. The van der Waals surface area contributed by atoms with Gasteiger partial charge in [0.25, 0.3) is 0 Å². The van der Waals surface area contributed by atoms with E-state index in [1.165, 1.54) is 17.4 Å². The number of nitrogens with one attached hydrogen (secondary N) is 1. The molecule has 0 aromatic heterocycles. The third-order valence-electron chi connectivity index (χ3n) is 2.74. The van der Waals surface area contributed by atoms with E-state index in [1.807, 2.05) is 0 Å². The zero-order valence-electron chi connectivity index (χ0n) is 12.3. The van der Waals surface area contributed by atoms with Crippen molar-refractivity contribution in [2.45, 2.75) is 31.2 Å². The van der Waals surface area contributed by atoms with Gasteiger partial charge < -0.3 is 10.4 Å². The van der Waals surface area contributed by atoms with Crippen molar-refractivity contribution in [2.75, 3.05) is 17.3 Å². The second kappa shape index (κ2) is 9.73. The third kappa shape index (κ3) is 8.02. The van der Waals surface area contributed by atoms with Crippen LogP contribution in [0.5, 0.6) is 0 Å². The van der Waals surface area contributed by atoms with Crippen LogP contribution in [-0.4, -0.2) is 40.3 Å². The van der Waals surface area contributed by atoms with Crippen LogP contribution in [-0.2, 0) is 9.59 Å². The normalized spacial score (nSPS) is 11.9. The Labute approximate surface area is 134 Å². The highest BCUT2D eigenvalue weighted by Crippen LogP contribution is 2.19. The Bertz CT molecular complexity index is 462. The minimum atomic E-state index is -0.972. The van der Waals surface area contributed by atoms with Crippen molar-refractivity contribution in [3.63, 3.8) is 0 Å². The van der Waals surface area contributed by atoms with Gasteiger partial charge in [0.15, 0.2) is 0 Å². The van der Waals surface area contributed by atoms with Gasteiger partial charge in [-0.15, -0.1) is 11.8 Å². The van der Waals surface area contributed by atoms with Crippen molar-refractivity contribution in [2.24, 2.45) is 0 Å². The van der Waals surface area contributed by atoms with Crippen molar-refractivity contribution in [1.29, 1.82) is 0 Å². The van der Waals surface area contributed by atoms with Crippen molar-refractivity contribution in [3.05, 3.63) is 29.8 Å². The summed E-state index contributed by atoms with van der Waals surface area (Å²) in [5, 5.41) is 11.4. The molecule has 0 radical (unpaired) electrons. The molecule has 1 unspecified atom stereocenters. The number of rotatable bonds is 9. The maximum atomic E-state index is 10.9. The summed E-state index contributed by atoms with van der Waals surface area (Å²) in [6, 6.07) is 7.64. The summed E-state index contributed by atoms with van der Waals surface area (Å²) in [6.45, 7) is 3.40. The van der Waals surface area contributed by atoms with Crippen molar-refractivity contribution >= 4 is 35.4 Å². The second-order valence-electron chi connectivity index (χ2n) is 4.65. The lowest BCUT2D eigenvalue weighted by atomic mass is 10.2. The average molecular weight is 327 g/mol. The van der Waals surface area contributed by atoms with E-state index in [0.29, 0.717) is 6.42 Å². The highest BCUT2D eigenvalue weighted by atomic mass is 32.2. The first-order valence-electron chi connectivity index (χ1n) is 6.76. The number of carbonyl (C=O) groups excluding carboxylic acids is 1. The molecule has 2 N–H and O–H groups in total. The van der Waals surface area contributed by atoms with Crippen LogP contribution >= 0.6 is 23.5 Å².